The summed E-state index contributed by atoms with van der Waals surface area (Å²) < 4.78 is 5.12. The maximum absolute atomic E-state index is 12.1. The molecule has 0 aromatic carbocycles. The van der Waals surface area contributed by atoms with E-state index in [-0.39, 0.29) is 23.4 Å². The second-order valence-electron chi connectivity index (χ2n) is 5.26. The number of rotatable bonds is 2. The van der Waals surface area contributed by atoms with Crippen molar-refractivity contribution in [1.82, 2.24) is 10.3 Å². The first-order valence-corrected chi connectivity index (χ1v) is 5.95. The van der Waals surface area contributed by atoms with E-state index in [4.69, 9.17) is 4.42 Å². The number of amides is 1. The number of hydrogen-bond acceptors (Lipinski definition) is 4. The molecule has 2 N–H and O–H groups in total. The van der Waals surface area contributed by atoms with Crippen molar-refractivity contribution in [3.8, 4) is 0 Å². The normalized spacial score (nSPS) is 23.4. The highest BCUT2D eigenvalue weighted by molar-refractivity contribution is 5.93. The highest BCUT2D eigenvalue weighted by atomic mass is 16.4. The van der Waals surface area contributed by atoms with Gasteiger partial charge in [-0.2, -0.15) is 4.98 Å². The Kier molecular flexibility index (Phi) is 3.19. The van der Waals surface area contributed by atoms with Crippen LogP contribution in [0.15, 0.2) is 10.7 Å². The van der Waals surface area contributed by atoms with Gasteiger partial charge in [0, 0.05) is 0 Å². The second-order valence-corrected chi connectivity index (χ2v) is 5.26. The lowest BCUT2D eigenvalue weighted by Crippen LogP contribution is -2.53. The van der Waals surface area contributed by atoms with Crippen molar-refractivity contribution in [3.63, 3.8) is 0 Å². The van der Waals surface area contributed by atoms with Crippen LogP contribution in [-0.2, 0) is 4.79 Å². The molecule has 1 atom stereocenters. The molecule has 1 aromatic rings. The zero-order valence-electron chi connectivity index (χ0n) is 10.5. The van der Waals surface area contributed by atoms with E-state index in [1.165, 1.54) is 6.26 Å². The van der Waals surface area contributed by atoms with E-state index in [1.54, 1.807) is 0 Å². The third-order valence-electron chi connectivity index (χ3n) is 3.24. The van der Waals surface area contributed by atoms with Gasteiger partial charge in [0.15, 0.2) is 0 Å². The standard InChI is InChI=1S/C12H19N3O2/c1-8-7-17-11(14-8)15-10(16)9-12(2,3)5-4-6-13-9/h7,9,13H,4-6H2,1-3H3,(H,14,15,16). The molecule has 0 bridgehead atoms. The van der Waals surface area contributed by atoms with E-state index in [0.29, 0.717) is 0 Å². The Morgan fingerprint density at radius 1 is 1.65 bits per heavy atom. The zero-order chi connectivity index (χ0) is 12.5. The second kappa shape index (κ2) is 4.49. The van der Waals surface area contributed by atoms with Gasteiger partial charge in [0.2, 0.25) is 5.91 Å². The number of anilines is 1. The lowest BCUT2D eigenvalue weighted by atomic mass is 9.77. The third-order valence-corrected chi connectivity index (χ3v) is 3.24. The summed E-state index contributed by atoms with van der Waals surface area (Å²) in [6, 6.07) is 0.0825. The minimum atomic E-state index is -0.191. The molecule has 1 aliphatic rings. The molecule has 2 rings (SSSR count). The number of nitrogens with one attached hydrogen (secondary N) is 2. The van der Waals surface area contributed by atoms with Gasteiger partial charge in [-0.3, -0.25) is 10.1 Å². The summed E-state index contributed by atoms with van der Waals surface area (Å²) in [5.41, 5.74) is 0.723. The van der Waals surface area contributed by atoms with Gasteiger partial charge in [0.05, 0.1) is 11.7 Å². The molecule has 1 saturated heterocycles. The van der Waals surface area contributed by atoms with E-state index in [0.717, 1.165) is 25.1 Å². The number of carbonyl (C=O) groups is 1. The van der Waals surface area contributed by atoms with Crippen molar-refractivity contribution in [3.05, 3.63) is 12.0 Å². The Morgan fingerprint density at radius 2 is 2.41 bits per heavy atom. The number of oxazole rings is 1. The smallest absolute Gasteiger partial charge is 0.301 e. The summed E-state index contributed by atoms with van der Waals surface area (Å²) in [5, 5.41) is 5.96. The molecule has 1 aliphatic heterocycles. The van der Waals surface area contributed by atoms with E-state index in [9.17, 15) is 4.79 Å². The monoisotopic (exact) mass is 237 g/mol. The van der Waals surface area contributed by atoms with Gasteiger partial charge in [0.1, 0.15) is 6.26 Å². The lowest BCUT2D eigenvalue weighted by Gasteiger charge is -2.37. The van der Waals surface area contributed by atoms with Crippen molar-refractivity contribution in [2.24, 2.45) is 5.41 Å². The Labute approximate surface area is 101 Å². The maximum Gasteiger partial charge on any atom is 0.301 e. The van der Waals surface area contributed by atoms with Gasteiger partial charge >= 0.3 is 6.01 Å². The Balaban J connectivity index is 2.04. The SMILES string of the molecule is Cc1coc(NC(=O)C2NCCCC2(C)C)n1. The number of piperidine rings is 1. The fraction of sp³-hybridized carbons (Fsp3) is 0.667. The van der Waals surface area contributed by atoms with Crippen LogP contribution in [0.5, 0.6) is 0 Å². The van der Waals surface area contributed by atoms with Crippen LogP contribution >= 0.6 is 0 Å². The number of carbonyl (C=O) groups excluding carboxylic acids is 1. The van der Waals surface area contributed by atoms with Crippen LogP contribution in [0.1, 0.15) is 32.4 Å². The van der Waals surface area contributed by atoms with Gasteiger partial charge in [-0.25, -0.2) is 0 Å². The molecule has 1 fully saturated rings. The summed E-state index contributed by atoms with van der Waals surface area (Å²) in [4.78, 5) is 16.2. The number of hydrogen-bond donors (Lipinski definition) is 2. The van der Waals surface area contributed by atoms with Crippen LogP contribution in [0.2, 0.25) is 0 Å². The predicted molar refractivity (Wildman–Crippen MR) is 64.7 cm³/mol. The molecule has 1 aromatic heterocycles. The molecule has 1 amide bonds. The largest absolute Gasteiger partial charge is 0.432 e. The molecule has 1 unspecified atom stereocenters. The van der Waals surface area contributed by atoms with Crippen molar-refractivity contribution < 1.29 is 9.21 Å². The average molecular weight is 237 g/mol. The van der Waals surface area contributed by atoms with Crippen molar-refractivity contribution in [2.45, 2.75) is 39.7 Å². The molecule has 94 valence electrons. The molecule has 5 heteroatoms. The van der Waals surface area contributed by atoms with Crippen LogP contribution in [0.4, 0.5) is 6.01 Å². The molecular formula is C12H19N3O2. The van der Waals surface area contributed by atoms with Crippen molar-refractivity contribution in [2.75, 3.05) is 11.9 Å². The summed E-state index contributed by atoms with van der Waals surface area (Å²) in [6.07, 6.45) is 3.67. The molecule has 5 nitrogen and oxygen atoms in total. The fourth-order valence-corrected chi connectivity index (χ4v) is 2.25. The van der Waals surface area contributed by atoms with E-state index in [1.807, 2.05) is 6.92 Å². The number of aromatic nitrogens is 1. The predicted octanol–water partition coefficient (Wildman–Crippen LogP) is 1.70. The molecule has 17 heavy (non-hydrogen) atoms. The van der Waals surface area contributed by atoms with Crippen LogP contribution in [0, 0.1) is 12.3 Å². The van der Waals surface area contributed by atoms with Gasteiger partial charge in [0.25, 0.3) is 0 Å². The highest BCUT2D eigenvalue weighted by Gasteiger charge is 2.37. The maximum atomic E-state index is 12.1. The van der Waals surface area contributed by atoms with Crippen LogP contribution in [0.3, 0.4) is 0 Å². The molecule has 0 aliphatic carbocycles. The van der Waals surface area contributed by atoms with Gasteiger partial charge in [-0.15, -0.1) is 0 Å². The minimum absolute atomic E-state index is 0.0377. The number of aryl methyl sites for hydroxylation is 1. The molecule has 0 spiro atoms. The Bertz CT molecular complexity index is 412. The fourth-order valence-electron chi connectivity index (χ4n) is 2.25. The van der Waals surface area contributed by atoms with Crippen LogP contribution in [-0.4, -0.2) is 23.5 Å². The first-order chi connectivity index (χ1) is 7.99. The summed E-state index contributed by atoms with van der Waals surface area (Å²) in [6.45, 7) is 6.91. The van der Waals surface area contributed by atoms with E-state index in [2.05, 4.69) is 29.5 Å². The molecule has 0 radical (unpaired) electrons. The van der Waals surface area contributed by atoms with Gasteiger partial charge in [-0.05, 0) is 31.7 Å². The summed E-state index contributed by atoms with van der Waals surface area (Å²) in [7, 11) is 0. The van der Waals surface area contributed by atoms with E-state index >= 15 is 0 Å². The van der Waals surface area contributed by atoms with Crippen molar-refractivity contribution >= 4 is 11.9 Å². The number of nitrogens with zero attached hydrogens (tertiary/aromatic N) is 1. The lowest BCUT2D eigenvalue weighted by molar-refractivity contribution is -0.121. The summed E-state index contributed by atoms with van der Waals surface area (Å²) >= 11 is 0. The zero-order valence-corrected chi connectivity index (χ0v) is 10.5. The topological polar surface area (TPSA) is 67.2 Å². The quantitative estimate of drug-likeness (QED) is 0.821. The Hall–Kier alpha value is -1.36. The first kappa shape index (κ1) is 12.1. The van der Waals surface area contributed by atoms with Gasteiger partial charge in [-0.1, -0.05) is 13.8 Å². The van der Waals surface area contributed by atoms with Crippen LogP contribution in [0.25, 0.3) is 0 Å². The highest BCUT2D eigenvalue weighted by Crippen LogP contribution is 2.30. The average Bonchev–Trinajstić information content (AvgIpc) is 2.63. The Morgan fingerprint density at radius 3 is 3.00 bits per heavy atom. The van der Waals surface area contributed by atoms with Crippen molar-refractivity contribution in [1.29, 1.82) is 0 Å². The first-order valence-electron chi connectivity index (χ1n) is 5.95. The molecular weight excluding hydrogens is 218 g/mol. The van der Waals surface area contributed by atoms with E-state index < -0.39 is 0 Å². The molecule has 0 saturated carbocycles. The van der Waals surface area contributed by atoms with Gasteiger partial charge < -0.3 is 9.73 Å². The minimum Gasteiger partial charge on any atom is -0.432 e. The van der Waals surface area contributed by atoms with Crippen LogP contribution < -0.4 is 10.6 Å². The third kappa shape index (κ3) is 2.66. The summed E-state index contributed by atoms with van der Waals surface area (Å²) in [5.74, 6) is -0.0726. The molecule has 2 heterocycles.